The minimum absolute atomic E-state index is 0.0220. The predicted molar refractivity (Wildman–Crippen MR) is 123 cm³/mol. The molecule has 9 nitrogen and oxygen atoms in total. The molecule has 0 bridgehead atoms. The first-order chi connectivity index (χ1) is 16.4. The highest BCUT2D eigenvalue weighted by atomic mass is 32.2. The van der Waals surface area contributed by atoms with Gasteiger partial charge < -0.3 is 4.74 Å². The molecule has 0 aliphatic rings. The maximum atomic E-state index is 13.9. The molecule has 0 saturated heterocycles. The second-order valence-corrected chi connectivity index (χ2v) is 9.27. The number of halogens is 3. The number of anilines is 1. The standard InChI is InChI=1S/C22H17F3N4O5S/c1-34-20-15-9-13(12-3-5-14(6-4-12)28-35(2,32)33)11-26-19(15)17(10-16(20)22(23,24)25)29-8-7-18(30)27-21(29)31/h3-11,28H,1-2H3,(H,27,30,31). The fourth-order valence-corrected chi connectivity index (χ4v) is 4.15. The van der Waals surface area contributed by atoms with E-state index in [-0.39, 0.29) is 16.6 Å². The van der Waals surface area contributed by atoms with Crippen molar-refractivity contribution >= 4 is 26.6 Å². The van der Waals surface area contributed by atoms with Crippen LogP contribution in [0.25, 0.3) is 27.7 Å². The number of ether oxygens (including phenoxy) is 1. The maximum absolute atomic E-state index is 13.9. The summed E-state index contributed by atoms with van der Waals surface area (Å²) >= 11 is 0. The molecule has 2 aromatic carbocycles. The zero-order valence-corrected chi connectivity index (χ0v) is 19.0. The minimum atomic E-state index is -4.82. The van der Waals surface area contributed by atoms with Gasteiger partial charge in [-0.25, -0.2) is 13.2 Å². The fourth-order valence-electron chi connectivity index (χ4n) is 3.58. The molecule has 4 rings (SSSR count). The van der Waals surface area contributed by atoms with Crippen molar-refractivity contribution in [2.24, 2.45) is 0 Å². The third kappa shape index (κ3) is 4.89. The lowest BCUT2D eigenvalue weighted by molar-refractivity contribution is -0.138. The number of nitrogens with zero attached hydrogens (tertiary/aromatic N) is 2. The van der Waals surface area contributed by atoms with Crippen molar-refractivity contribution in [3.05, 3.63) is 81.3 Å². The molecule has 0 fully saturated rings. The second kappa shape index (κ2) is 8.58. The van der Waals surface area contributed by atoms with Crippen LogP contribution in [0.2, 0.25) is 0 Å². The summed E-state index contributed by atoms with van der Waals surface area (Å²) in [6, 6.07) is 9.30. The molecule has 182 valence electrons. The van der Waals surface area contributed by atoms with Crippen LogP contribution in [0.5, 0.6) is 5.75 Å². The van der Waals surface area contributed by atoms with Gasteiger partial charge in [-0.1, -0.05) is 12.1 Å². The van der Waals surface area contributed by atoms with E-state index in [1.807, 2.05) is 4.98 Å². The van der Waals surface area contributed by atoms with E-state index >= 15 is 0 Å². The lowest BCUT2D eigenvalue weighted by Gasteiger charge is -2.18. The van der Waals surface area contributed by atoms with Crippen LogP contribution < -0.4 is 20.7 Å². The van der Waals surface area contributed by atoms with Crippen LogP contribution in [0.15, 0.2) is 64.4 Å². The number of hydrogen-bond acceptors (Lipinski definition) is 6. The number of fused-ring (bicyclic) bond motifs is 1. The van der Waals surface area contributed by atoms with Crippen LogP contribution in [0.4, 0.5) is 18.9 Å². The largest absolute Gasteiger partial charge is 0.495 e. The number of sulfonamides is 1. The molecule has 4 aromatic rings. The molecule has 0 atom stereocenters. The molecule has 0 radical (unpaired) electrons. The van der Waals surface area contributed by atoms with Gasteiger partial charge in [-0.15, -0.1) is 0 Å². The molecule has 2 N–H and O–H groups in total. The van der Waals surface area contributed by atoms with Crippen molar-refractivity contribution in [3.8, 4) is 22.6 Å². The number of H-pyrrole nitrogens is 1. The highest BCUT2D eigenvalue weighted by Crippen LogP contribution is 2.43. The Morgan fingerprint density at radius 1 is 1.06 bits per heavy atom. The Balaban J connectivity index is 1.97. The monoisotopic (exact) mass is 506 g/mol. The zero-order chi connectivity index (χ0) is 25.5. The Bertz CT molecular complexity index is 1660. The van der Waals surface area contributed by atoms with Gasteiger partial charge in [-0.3, -0.25) is 24.1 Å². The van der Waals surface area contributed by atoms with E-state index in [9.17, 15) is 31.2 Å². The first kappa shape index (κ1) is 24.0. The number of rotatable bonds is 5. The Morgan fingerprint density at radius 3 is 2.31 bits per heavy atom. The third-order valence-electron chi connectivity index (χ3n) is 5.02. The molecule has 13 heteroatoms. The van der Waals surface area contributed by atoms with Crippen molar-refractivity contribution in [3.63, 3.8) is 0 Å². The molecule has 0 amide bonds. The molecular weight excluding hydrogens is 489 g/mol. The maximum Gasteiger partial charge on any atom is 0.420 e. The van der Waals surface area contributed by atoms with Gasteiger partial charge in [0.05, 0.1) is 24.6 Å². The number of alkyl halides is 3. The summed E-state index contributed by atoms with van der Waals surface area (Å²) in [5.41, 5.74) is -1.67. The van der Waals surface area contributed by atoms with Crippen molar-refractivity contribution in [1.82, 2.24) is 14.5 Å². The molecule has 2 heterocycles. The van der Waals surface area contributed by atoms with Crippen LogP contribution in [0.1, 0.15) is 5.56 Å². The topological polar surface area (TPSA) is 123 Å². The van der Waals surface area contributed by atoms with E-state index in [0.717, 1.165) is 36.3 Å². The number of aromatic amines is 1. The second-order valence-electron chi connectivity index (χ2n) is 7.53. The van der Waals surface area contributed by atoms with Crippen molar-refractivity contribution in [2.45, 2.75) is 6.18 Å². The van der Waals surface area contributed by atoms with Crippen LogP contribution in [-0.4, -0.2) is 36.3 Å². The highest BCUT2D eigenvalue weighted by Gasteiger charge is 2.36. The average Bonchev–Trinajstić information content (AvgIpc) is 2.76. The molecule has 0 unspecified atom stereocenters. The Morgan fingerprint density at radius 2 is 1.74 bits per heavy atom. The quantitative estimate of drug-likeness (QED) is 0.429. The lowest BCUT2D eigenvalue weighted by Crippen LogP contribution is -2.28. The van der Waals surface area contributed by atoms with E-state index in [2.05, 4.69) is 9.71 Å². The summed E-state index contributed by atoms with van der Waals surface area (Å²) < 4.78 is 72.9. The van der Waals surface area contributed by atoms with Gasteiger partial charge in [0.2, 0.25) is 10.0 Å². The van der Waals surface area contributed by atoms with E-state index in [0.29, 0.717) is 16.8 Å². The molecule has 0 aliphatic carbocycles. The van der Waals surface area contributed by atoms with Gasteiger partial charge in [0.15, 0.2) is 0 Å². The van der Waals surface area contributed by atoms with Gasteiger partial charge in [0.1, 0.15) is 11.3 Å². The number of methoxy groups -OCH3 is 1. The van der Waals surface area contributed by atoms with Gasteiger partial charge in [0, 0.05) is 35.1 Å². The number of aromatic nitrogens is 3. The third-order valence-corrected chi connectivity index (χ3v) is 5.62. The van der Waals surface area contributed by atoms with Crippen molar-refractivity contribution < 1.29 is 26.3 Å². The van der Waals surface area contributed by atoms with Crippen molar-refractivity contribution in [2.75, 3.05) is 18.1 Å². The molecule has 0 aliphatic heterocycles. The normalized spacial score (nSPS) is 12.0. The minimum Gasteiger partial charge on any atom is -0.495 e. The summed E-state index contributed by atoms with van der Waals surface area (Å²) in [5.74, 6) is -0.488. The first-order valence-electron chi connectivity index (χ1n) is 9.86. The van der Waals surface area contributed by atoms with Gasteiger partial charge in [-0.05, 0) is 29.8 Å². The molecule has 0 saturated carbocycles. The van der Waals surface area contributed by atoms with E-state index in [1.165, 1.54) is 24.4 Å². The molecule has 35 heavy (non-hydrogen) atoms. The van der Waals surface area contributed by atoms with Gasteiger partial charge in [0.25, 0.3) is 5.56 Å². The smallest absolute Gasteiger partial charge is 0.420 e. The predicted octanol–water partition coefficient (Wildman–Crippen LogP) is 3.14. The Kier molecular flexibility index (Phi) is 5.88. The highest BCUT2D eigenvalue weighted by molar-refractivity contribution is 7.92. The summed E-state index contributed by atoms with van der Waals surface area (Å²) in [6.07, 6.45) is -1.36. The van der Waals surface area contributed by atoms with E-state index in [4.69, 9.17) is 4.74 Å². The van der Waals surface area contributed by atoms with Crippen LogP contribution in [0.3, 0.4) is 0 Å². The SMILES string of the molecule is COc1c(C(F)(F)F)cc(-n2ccc(=O)[nH]c2=O)c2ncc(-c3ccc(NS(C)(=O)=O)cc3)cc12. The zero-order valence-electron chi connectivity index (χ0n) is 18.2. The molecule has 0 spiro atoms. The van der Waals surface area contributed by atoms with Crippen LogP contribution >= 0.6 is 0 Å². The fraction of sp³-hybridized carbons (Fsp3) is 0.136. The average molecular weight is 506 g/mol. The lowest BCUT2D eigenvalue weighted by atomic mass is 10.0. The van der Waals surface area contributed by atoms with Crippen LogP contribution in [-0.2, 0) is 16.2 Å². The summed E-state index contributed by atoms with van der Waals surface area (Å²) in [4.78, 5) is 30.1. The first-order valence-corrected chi connectivity index (χ1v) is 11.7. The van der Waals surface area contributed by atoms with Crippen molar-refractivity contribution in [1.29, 1.82) is 0 Å². The Hall–Kier alpha value is -4.13. The van der Waals surface area contributed by atoms with E-state index in [1.54, 1.807) is 12.1 Å². The van der Waals surface area contributed by atoms with Gasteiger partial charge in [-0.2, -0.15) is 13.2 Å². The molecular formula is C22H17F3N4O5S. The van der Waals surface area contributed by atoms with Crippen LogP contribution in [0, 0.1) is 0 Å². The number of benzene rings is 2. The number of pyridine rings is 1. The summed E-state index contributed by atoms with van der Waals surface area (Å²) in [5, 5.41) is -0.0220. The number of nitrogens with one attached hydrogen (secondary N) is 2. The van der Waals surface area contributed by atoms with E-state index < -0.39 is 38.8 Å². The summed E-state index contributed by atoms with van der Waals surface area (Å²) in [6.45, 7) is 0. The summed E-state index contributed by atoms with van der Waals surface area (Å²) in [7, 11) is -2.39. The van der Waals surface area contributed by atoms with Gasteiger partial charge >= 0.3 is 11.9 Å². The number of hydrogen-bond donors (Lipinski definition) is 2. The Labute approximate surface area is 195 Å². The molecule has 2 aromatic heterocycles.